The van der Waals surface area contributed by atoms with E-state index in [2.05, 4.69) is 4.90 Å². The van der Waals surface area contributed by atoms with Crippen molar-refractivity contribution in [2.75, 3.05) is 18.0 Å². The van der Waals surface area contributed by atoms with Gasteiger partial charge in [0.15, 0.2) is 0 Å². The monoisotopic (exact) mass is 662 g/mol. The Morgan fingerprint density at radius 1 is 0.929 bits per heavy atom. The number of carbonyl (C=O) groups excluding carboxylic acids is 1. The number of amides is 1. The van der Waals surface area contributed by atoms with E-state index in [4.69, 9.17) is 12.2 Å². The first-order valence-corrected chi connectivity index (χ1v) is 16.6. The fourth-order valence-electron chi connectivity index (χ4n) is 4.63. The highest BCUT2D eigenvalue weighted by molar-refractivity contribution is 8.30. The molecule has 0 radical (unpaired) electrons. The number of benzene rings is 1. The number of nitrogens with zero attached hydrogens (tertiary/aromatic N) is 4. The minimum Gasteiger partial charge on any atom is -0.480 e. The van der Waals surface area contributed by atoms with E-state index < -0.39 is 18.4 Å². The zero-order chi connectivity index (χ0) is 30.3. The molecule has 3 aromatic rings. The maximum absolute atomic E-state index is 13.6. The number of anilines is 1. The molecule has 1 fully saturated rings. The van der Waals surface area contributed by atoms with Crippen LogP contribution in [0.4, 0.5) is 5.69 Å². The summed E-state index contributed by atoms with van der Waals surface area (Å²) < 4.78 is 4.83. The van der Waals surface area contributed by atoms with Gasteiger partial charge in [-0.1, -0.05) is 41.8 Å². The number of carbonyl (C=O) groups is 2. The van der Waals surface area contributed by atoms with Gasteiger partial charge in [-0.25, -0.2) is 0 Å². The highest BCUT2D eigenvalue weighted by atomic mass is 32.2. The smallest absolute Gasteiger partial charge is 0.323 e. The fraction of sp³-hybridized carbons (Fsp3) is 0.296. The Morgan fingerprint density at radius 3 is 2.29 bits per heavy atom. The highest BCUT2D eigenvalue weighted by Gasteiger charge is 2.35. The topological polar surface area (TPSA) is 125 Å². The number of carboxylic acids is 1. The molecular weight excluding hydrogens is 637 g/mol. The van der Waals surface area contributed by atoms with E-state index in [0.29, 0.717) is 31.5 Å². The van der Waals surface area contributed by atoms with E-state index in [1.54, 1.807) is 29.3 Å². The first-order valence-electron chi connectivity index (χ1n) is 13.0. The van der Waals surface area contributed by atoms with Gasteiger partial charge in [-0.2, -0.15) is 0 Å². The summed E-state index contributed by atoms with van der Waals surface area (Å²) in [5.74, 6) is -1.74. The Labute approximate surface area is 261 Å². The van der Waals surface area contributed by atoms with Crippen molar-refractivity contribution in [1.82, 2.24) is 14.0 Å². The van der Waals surface area contributed by atoms with Gasteiger partial charge in [0.2, 0.25) is 0 Å². The van der Waals surface area contributed by atoms with E-state index in [0.717, 1.165) is 49.2 Å². The van der Waals surface area contributed by atoms with Gasteiger partial charge in [0, 0.05) is 24.5 Å². The Hall–Kier alpha value is -2.95. The molecule has 0 unspecified atom stereocenters. The molecule has 2 aromatic heterocycles. The SMILES string of the molecule is CCN1C(=CC=c2s/c(=c3\sc(=C4SC(=S)N(CC(=O)O)C4=O)n(CC)c3=O)n(CC)c2=O)Sc2ccc(CO)cc21. The van der Waals surface area contributed by atoms with Crippen molar-refractivity contribution in [3.63, 3.8) is 0 Å². The Kier molecular flexibility index (Phi) is 8.97. The van der Waals surface area contributed by atoms with Crippen LogP contribution in [0.15, 0.2) is 43.8 Å². The third kappa shape index (κ3) is 5.33. The van der Waals surface area contributed by atoms with Crippen molar-refractivity contribution < 1.29 is 19.8 Å². The largest absolute Gasteiger partial charge is 0.480 e. The first kappa shape index (κ1) is 30.5. The molecule has 2 N–H and O–H groups in total. The second kappa shape index (κ2) is 12.3. The van der Waals surface area contributed by atoms with Crippen molar-refractivity contribution in [2.24, 2.45) is 0 Å². The minimum atomic E-state index is -1.19. The van der Waals surface area contributed by atoms with Crippen LogP contribution in [0.1, 0.15) is 26.3 Å². The highest BCUT2D eigenvalue weighted by Crippen LogP contribution is 2.46. The van der Waals surface area contributed by atoms with E-state index in [1.807, 2.05) is 38.1 Å². The molecule has 0 spiro atoms. The lowest BCUT2D eigenvalue weighted by Crippen LogP contribution is -2.34. The number of aliphatic carboxylic acids is 1. The molecule has 0 saturated carbocycles. The number of aliphatic hydroxyl groups excluding tert-OH is 1. The van der Waals surface area contributed by atoms with E-state index in [-0.39, 0.29) is 33.5 Å². The molecule has 4 heterocycles. The average Bonchev–Trinajstić information content (AvgIpc) is 3.67. The molecule has 220 valence electrons. The molecule has 0 atom stereocenters. The molecule has 0 aliphatic carbocycles. The number of thiocarbonyl (C=S) groups is 1. The zero-order valence-electron chi connectivity index (χ0n) is 22.8. The standard InChI is InChI=1S/C27H26N4O6S5/c1-4-28-15-11-14(13-32)7-8-16(15)39-18(28)10-9-17-22(35)29(5-2)25(40-17)20-23(36)30(6-3)26(41-20)21-24(37)31(12-19(33)34)27(38)42-21/h7-11,32H,4-6,12-13H2,1-3H3,(H,33,34)/b17-9?,18-10?,25-20-,26-21?. The summed E-state index contributed by atoms with van der Waals surface area (Å²) in [5.41, 5.74) is 1.29. The number of hydrogen-bond donors (Lipinski definition) is 2. The van der Waals surface area contributed by atoms with Crippen LogP contribution in [-0.2, 0) is 29.3 Å². The third-order valence-electron chi connectivity index (χ3n) is 6.63. The minimum absolute atomic E-state index is 0.0429. The van der Waals surface area contributed by atoms with Crippen LogP contribution in [0, 0.1) is 9.20 Å². The summed E-state index contributed by atoms with van der Waals surface area (Å²) in [6.45, 7) is 6.39. The number of fused-ring (bicyclic) bond motifs is 1. The summed E-state index contributed by atoms with van der Waals surface area (Å²) in [5, 5.41) is 19.7. The summed E-state index contributed by atoms with van der Waals surface area (Å²) in [4.78, 5) is 55.7. The molecule has 42 heavy (non-hydrogen) atoms. The predicted octanol–water partition coefficient (Wildman–Crippen LogP) is 2.26. The van der Waals surface area contributed by atoms with Crippen molar-refractivity contribution in [2.45, 2.75) is 45.4 Å². The maximum atomic E-state index is 13.6. The average molecular weight is 663 g/mol. The molecule has 0 bridgehead atoms. The lowest BCUT2D eigenvalue weighted by molar-refractivity contribution is -0.140. The maximum Gasteiger partial charge on any atom is 0.323 e. The Morgan fingerprint density at radius 2 is 1.64 bits per heavy atom. The van der Waals surface area contributed by atoms with Crippen molar-refractivity contribution in [3.8, 4) is 0 Å². The molecule has 1 saturated heterocycles. The number of aliphatic hydroxyl groups is 1. The van der Waals surface area contributed by atoms with Gasteiger partial charge in [-0.05, 0) is 50.6 Å². The molecule has 2 aliphatic heterocycles. The molecule has 1 amide bonds. The normalized spacial score (nSPS) is 18.6. The summed E-state index contributed by atoms with van der Waals surface area (Å²) in [6, 6.07) is 5.84. The first-order chi connectivity index (χ1) is 20.1. The van der Waals surface area contributed by atoms with E-state index in [1.165, 1.54) is 15.9 Å². The molecule has 15 heteroatoms. The predicted molar refractivity (Wildman–Crippen MR) is 172 cm³/mol. The van der Waals surface area contributed by atoms with Gasteiger partial charge >= 0.3 is 5.97 Å². The van der Waals surface area contributed by atoms with Crippen LogP contribution in [0.5, 0.6) is 0 Å². The van der Waals surface area contributed by atoms with Gasteiger partial charge < -0.3 is 15.1 Å². The van der Waals surface area contributed by atoms with Crippen LogP contribution in [0.3, 0.4) is 0 Å². The summed E-state index contributed by atoms with van der Waals surface area (Å²) in [7, 11) is 0. The van der Waals surface area contributed by atoms with E-state index >= 15 is 0 Å². The number of thioether (sulfide) groups is 2. The van der Waals surface area contributed by atoms with Crippen LogP contribution in [-0.4, -0.2) is 53.5 Å². The van der Waals surface area contributed by atoms with Crippen molar-refractivity contribution >= 4 is 91.3 Å². The van der Waals surface area contributed by atoms with Gasteiger partial charge in [0.05, 0.1) is 21.9 Å². The lowest BCUT2D eigenvalue weighted by atomic mass is 10.2. The third-order valence-corrected chi connectivity index (χ3v) is 11.8. The summed E-state index contributed by atoms with van der Waals surface area (Å²) >= 11 is 10.1. The van der Waals surface area contributed by atoms with Gasteiger partial charge in [-0.15, -0.1) is 22.7 Å². The molecule has 2 aliphatic rings. The van der Waals surface area contributed by atoms with Crippen molar-refractivity contribution in [3.05, 3.63) is 74.0 Å². The molecule has 5 rings (SSSR count). The van der Waals surface area contributed by atoms with Gasteiger partial charge in [0.1, 0.15) is 29.6 Å². The Bertz CT molecular complexity index is 2000. The molecule has 1 aromatic carbocycles. The molecule has 10 nitrogen and oxygen atoms in total. The van der Waals surface area contributed by atoms with Crippen molar-refractivity contribution in [1.29, 1.82) is 0 Å². The van der Waals surface area contributed by atoms with Gasteiger partial charge in [-0.3, -0.25) is 33.2 Å². The molecular formula is C27H26N4O6S5. The number of carboxylic acid groups (broad SMARTS) is 1. The number of hydrogen-bond acceptors (Lipinski definition) is 11. The lowest BCUT2D eigenvalue weighted by Gasteiger charge is -2.18. The fourth-order valence-corrected chi connectivity index (χ4v) is 9.60. The number of thiazole rings is 2. The van der Waals surface area contributed by atoms with E-state index in [9.17, 15) is 29.4 Å². The number of rotatable bonds is 7. The second-order valence-corrected chi connectivity index (χ2v) is 13.8. The number of aromatic nitrogens is 2. The summed E-state index contributed by atoms with van der Waals surface area (Å²) in [6.07, 6.45) is 3.67. The van der Waals surface area contributed by atoms with Crippen LogP contribution in [0.2, 0.25) is 0 Å². The zero-order valence-corrected chi connectivity index (χ0v) is 26.9. The quantitative estimate of drug-likeness (QED) is 0.364. The Balaban J connectivity index is 1.68. The van der Waals surface area contributed by atoms with Gasteiger partial charge in [0.25, 0.3) is 17.0 Å². The number of allylic oxidation sites excluding steroid dienone is 1. The van der Waals surface area contributed by atoms with Crippen LogP contribution in [0.25, 0.3) is 11.0 Å². The van der Waals surface area contributed by atoms with Crippen LogP contribution < -0.4 is 25.2 Å². The van der Waals surface area contributed by atoms with Crippen LogP contribution >= 0.6 is 58.4 Å². The second-order valence-electron chi connectivity index (χ2n) is 9.07.